The van der Waals surface area contributed by atoms with Crippen LogP contribution in [0.25, 0.3) is 0 Å². The van der Waals surface area contributed by atoms with Gasteiger partial charge in [0.25, 0.3) is 0 Å². The Morgan fingerprint density at radius 3 is 2.16 bits per heavy atom. The summed E-state index contributed by atoms with van der Waals surface area (Å²) in [5.41, 5.74) is -2.85. The van der Waals surface area contributed by atoms with E-state index in [9.17, 15) is 29.4 Å². The Morgan fingerprint density at radius 2 is 1.72 bits per heavy atom. The van der Waals surface area contributed by atoms with Crippen LogP contribution >= 0.6 is 0 Å². The zero-order valence-corrected chi connectivity index (χ0v) is 14.4. The van der Waals surface area contributed by atoms with Crippen LogP contribution in [-0.4, -0.2) is 76.5 Å². The molecule has 0 aliphatic rings. The van der Waals surface area contributed by atoms with E-state index in [1.807, 2.05) is 0 Å². The van der Waals surface area contributed by atoms with Gasteiger partial charge in [-0.3, -0.25) is 9.59 Å². The standard InChI is InChI=1S/C15H25NO9/c1-14(2,6-17)10(20)12(22)16-5-4-9(19)25-8-15(3,7-18)11(21)13(23)24/h7,10-11,17,20-21H,4-6,8H2,1-3H3,(H,16,22)(H,23,24). The van der Waals surface area contributed by atoms with Crippen molar-refractivity contribution in [3.05, 3.63) is 0 Å². The fourth-order valence-electron chi connectivity index (χ4n) is 1.59. The van der Waals surface area contributed by atoms with Gasteiger partial charge in [-0.05, 0) is 6.92 Å². The lowest BCUT2D eigenvalue weighted by Crippen LogP contribution is -2.46. The number of hydrogen-bond donors (Lipinski definition) is 5. The highest BCUT2D eigenvalue weighted by Gasteiger charge is 2.39. The number of amides is 1. The van der Waals surface area contributed by atoms with Crippen LogP contribution in [0.1, 0.15) is 27.2 Å². The Bertz CT molecular complexity index is 505. The lowest BCUT2D eigenvalue weighted by Gasteiger charge is -2.27. The van der Waals surface area contributed by atoms with E-state index in [1.54, 1.807) is 0 Å². The molecule has 0 saturated carbocycles. The Hall–Kier alpha value is -2.04. The van der Waals surface area contributed by atoms with Gasteiger partial charge in [-0.1, -0.05) is 13.8 Å². The fourth-order valence-corrected chi connectivity index (χ4v) is 1.59. The molecule has 10 nitrogen and oxygen atoms in total. The summed E-state index contributed by atoms with van der Waals surface area (Å²) in [6.07, 6.45) is -3.62. The van der Waals surface area contributed by atoms with Gasteiger partial charge < -0.3 is 35.3 Å². The molecule has 0 fully saturated rings. The first-order valence-corrected chi connectivity index (χ1v) is 7.50. The van der Waals surface area contributed by atoms with Crippen LogP contribution in [0.3, 0.4) is 0 Å². The van der Waals surface area contributed by atoms with Crippen molar-refractivity contribution in [3.8, 4) is 0 Å². The number of carbonyl (C=O) groups excluding carboxylic acids is 3. The van der Waals surface area contributed by atoms with Gasteiger partial charge in [0.15, 0.2) is 6.10 Å². The summed E-state index contributed by atoms with van der Waals surface area (Å²) in [4.78, 5) is 45.0. The normalized spacial score (nSPS) is 16.2. The van der Waals surface area contributed by atoms with Gasteiger partial charge in [-0.2, -0.15) is 0 Å². The van der Waals surface area contributed by atoms with E-state index in [1.165, 1.54) is 13.8 Å². The Labute approximate surface area is 144 Å². The lowest BCUT2D eigenvalue weighted by atomic mass is 9.87. The molecule has 0 aliphatic carbocycles. The zero-order chi connectivity index (χ0) is 19.8. The maximum absolute atomic E-state index is 11.7. The highest BCUT2D eigenvalue weighted by molar-refractivity contribution is 5.82. The van der Waals surface area contributed by atoms with Crippen molar-refractivity contribution in [2.24, 2.45) is 10.8 Å². The van der Waals surface area contributed by atoms with Gasteiger partial charge in [0.05, 0.1) is 18.4 Å². The molecule has 3 unspecified atom stereocenters. The molecule has 0 spiro atoms. The summed E-state index contributed by atoms with van der Waals surface area (Å²) < 4.78 is 4.75. The van der Waals surface area contributed by atoms with E-state index >= 15 is 0 Å². The smallest absolute Gasteiger partial charge is 0.333 e. The van der Waals surface area contributed by atoms with Crippen molar-refractivity contribution in [2.45, 2.75) is 39.4 Å². The van der Waals surface area contributed by atoms with Crippen LogP contribution in [0.15, 0.2) is 0 Å². The molecule has 1 amide bonds. The van der Waals surface area contributed by atoms with E-state index in [4.69, 9.17) is 14.9 Å². The third kappa shape index (κ3) is 6.77. The number of nitrogens with one attached hydrogen (secondary N) is 1. The number of carboxylic acids is 1. The highest BCUT2D eigenvalue weighted by atomic mass is 16.5. The summed E-state index contributed by atoms with van der Waals surface area (Å²) in [6, 6.07) is 0. The van der Waals surface area contributed by atoms with Crippen molar-refractivity contribution in [3.63, 3.8) is 0 Å². The number of carbonyl (C=O) groups is 4. The number of aliphatic hydroxyl groups excluding tert-OH is 3. The van der Waals surface area contributed by atoms with Crippen molar-refractivity contribution >= 4 is 24.1 Å². The first kappa shape index (κ1) is 23.0. The van der Waals surface area contributed by atoms with Crippen molar-refractivity contribution in [1.82, 2.24) is 5.32 Å². The fraction of sp³-hybridized carbons (Fsp3) is 0.733. The van der Waals surface area contributed by atoms with E-state index in [-0.39, 0.29) is 19.3 Å². The van der Waals surface area contributed by atoms with Gasteiger partial charge >= 0.3 is 11.9 Å². The topological polar surface area (TPSA) is 170 Å². The van der Waals surface area contributed by atoms with Crippen LogP contribution in [0.2, 0.25) is 0 Å². The molecular formula is C15H25NO9. The Morgan fingerprint density at radius 1 is 1.16 bits per heavy atom. The van der Waals surface area contributed by atoms with Crippen LogP contribution < -0.4 is 5.32 Å². The van der Waals surface area contributed by atoms with Gasteiger partial charge in [0, 0.05) is 12.0 Å². The number of aldehydes is 1. The SMILES string of the molecule is CC(C)(CO)C(O)C(=O)NCCC(=O)OCC(C)(C=O)C(O)C(=O)O. The van der Waals surface area contributed by atoms with Crippen LogP contribution in [0, 0.1) is 10.8 Å². The zero-order valence-electron chi connectivity index (χ0n) is 14.4. The molecule has 0 radical (unpaired) electrons. The van der Waals surface area contributed by atoms with Gasteiger partial charge in [0.2, 0.25) is 5.91 Å². The number of aliphatic hydroxyl groups is 3. The molecule has 0 aliphatic heterocycles. The first-order chi connectivity index (χ1) is 11.4. The van der Waals surface area contributed by atoms with Crippen molar-refractivity contribution in [2.75, 3.05) is 19.8 Å². The Balaban J connectivity index is 4.39. The molecule has 144 valence electrons. The minimum Gasteiger partial charge on any atom is -0.479 e. The molecule has 0 aromatic carbocycles. The molecule has 0 aromatic rings. The number of carboxylic acid groups (broad SMARTS) is 1. The second kappa shape index (κ2) is 9.44. The van der Waals surface area contributed by atoms with Crippen LogP contribution in [0.4, 0.5) is 0 Å². The summed E-state index contributed by atoms with van der Waals surface area (Å²) in [7, 11) is 0. The number of esters is 1. The van der Waals surface area contributed by atoms with Gasteiger partial charge in [0.1, 0.15) is 19.0 Å². The van der Waals surface area contributed by atoms with Gasteiger partial charge in [-0.15, -0.1) is 0 Å². The van der Waals surface area contributed by atoms with Gasteiger partial charge in [-0.25, -0.2) is 4.79 Å². The molecule has 0 aromatic heterocycles. The predicted octanol–water partition coefficient (Wildman–Crippen LogP) is -1.93. The Kier molecular flexibility index (Phi) is 8.67. The summed E-state index contributed by atoms with van der Waals surface area (Å²) in [5.74, 6) is -3.23. The number of aliphatic carboxylic acids is 1. The molecule has 3 atom stereocenters. The van der Waals surface area contributed by atoms with Crippen molar-refractivity contribution < 1.29 is 44.3 Å². The molecule has 10 heteroatoms. The third-order valence-corrected chi connectivity index (χ3v) is 3.70. The maximum atomic E-state index is 11.7. The number of hydrogen-bond acceptors (Lipinski definition) is 8. The second-order valence-electron chi connectivity index (χ2n) is 6.62. The van der Waals surface area contributed by atoms with E-state index in [2.05, 4.69) is 5.32 Å². The van der Waals surface area contributed by atoms with Crippen molar-refractivity contribution in [1.29, 1.82) is 0 Å². The summed E-state index contributed by atoms with van der Waals surface area (Å²) in [6.45, 7) is 2.87. The summed E-state index contributed by atoms with van der Waals surface area (Å²) in [5, 5.41) is 39.3. The maximum Gasteiger partial charge on any atom is 0.333 e. The molecule has 0 heterocycles. The first-order valence-electron chi connectivity index (χ1n) is 7.50. The number of ether oxygens (including phenoxy) is 1. The minimum atomic E-state index is -2.03. The monoisotopic (exact) mass is 363 g/mol. The minimum absolute atomic E-state index is 0.171. The average Bonchev–Trinajstić information content (AvgIpc) is 2.57. The highest BCUT2D eigenvalue weighted by Crippen LogP contribution is 2.20. The number of rotatable bonds is 11. The van der Waals surface area contributed by atoms with Crippen LogP contribution in [0.5, 0.6) is 0 Å². The van der Waals surface area contributed by atoms with E-state index in [0.717, 1.165) is 6.92 Å². The molecule has 0 rings (SSSR count). The second-order valence-corrected chi connectivity index (χ2v) is 6.62. The molecule has 0 saturated heterocycles. The van der Waals surface area contributed by atoms with E-state index in [0.29, 0.717) is 0 Å². The largest absolute Gasteiger partial charge is 0.479 e. The molecule has 5 N–H and O–H groups in total. The lowest BCUT2D eigenvalue weighted by molar-refractivity contribution is -0.164. The quantitative estimate of drug-likeness (QED) is 0.207. The molecule has 0 bridgehead atoms. The third-order valence-electron chi connectivity index (χ3n) is 3.70. The molecule has 25 heavy (non-hydrogen) atoms. The summed E-state index contributed by atoms with van der Waals surface area (Å²) >= 11 is 0. The predicted molar refractivity (Wildman–Crippen MR) is 83.3 cm³/mol. The molecular weight excluding hydrogens is 338 g/mol. The average molecular weight is 363 g/mol. The van der Waals surface area contributed by atoms with Crippen LogP contribution in [-0.2, 0) is 23.9 Å². The van der Waals surface area contributed by atoms with E-state index < -0.39 is 54.1 Å².